The van der Waals surface area contributed by atoms with Crippen LogP contribution in [0.3, 0.4) is 0 Å². The zero-order valence-corrected chi connectivity index (χ0v) is 10.4. The maximum absolute atomic E-state index is 13.7. The molecule has 0 spiro atoms. The molecule has 2 rings (SSSR count). The van der Waals surface area contributed by atoms with Crippen LogP contribution in [0.4, 0.5) is 14.5 Å². The van der Waals surface area contributed by atoms with Crippen molar-refractivity contribution in [2.24, 2.45) is 0 Å². The molecule has 0 aliphatic carbocycles. The van der Waals surface area contributed by atoms with Crippen molar-refractivity contribution in [2.45, 2.75) is 20.4 Å². The van der Waals surface area contributed by atoms with E-state index in [0.29, 0.717) is 17.8 Å². The van der Waals surface area contributed by atoms with Crippen LogP contribution in [0.5, 0.6) is 0 Å². The van der Waals surface area contributed by atoms with Gasteiger partial charge in [-0.1, -0.05) is 18.2 Å². The van der Waals surface area contributed by atoms with Crippen molar-refractivity contribution >= 4 is 5.69 Å². The van der Waals surface area contributed by atoms with Crippen LogP contribution in [0.2, 0.25) is 0 Å². The molecule has 0 amide bonds. The number of halogens is 2. The van der Waals surface area contributed by atoms with Gasteiger partial charge in [0.2, 0.25) is 0 Å². The van der Waals surface area contributed by atoms with E-state index in [4.69, 9.17) is 0 Å². The lowest BCUT2D eigenvalue weighted by Gasteiger charge is -2.11. The van der Waals surface area contributed by atoms with E-state index < -0.39 is 0 Å². The van der Waals surface area contributed by atoms with Gasteiger partial charge in [0.25, 0.3) is 0 Å². The van der Waals surface area contributed by atoms with E-state index in [1.165, 1.54) is 12.1 Å². The molecule has 2 aromatic carbocycles. The van der Waals surface area contributed by atoms with Crippen LogP contribution in [-0.4, -0.2) is 0 Å². The van der Waals surface area contributed by atoms with E-state index in [0.717, 1.165) is 11.1 Å². The monoisotopic (exact) mass is 247 g/mol. The maximum Gasteiger partial charge on any atom is 0.149 e. The normalized spacial score (nSPS) is 10.4. The molecule has 0 radical (unpaired) electrons. The van der Waals surface area contributed by atoms with Crippen LogP contribution >= 0.6 is 0 Å². The van der Waals surface area contributed by atoms with Gasteiger partial charge in [0.05, 0.1) is 5.69 Å². The summed E-state index contributed by atoms with van der Waals surface area (Å²) in [5, 5.41) is 3.03. The Labute approximate surface area is 105 Å². The maximum atomic E-state index is 13.7. The lowest BCUT2D eigenvalue weighted by molar-refractivity contribution is 0.620. The minimum absolute atomic E-state index is 0.239. The molecule has 0 saturated heterocycles. The fraction of sp³-hybridized carbons (Fsp3) is 0.200. The highest BCUT2D eigenvalue weighted by Gasteiger charge is 2.05. The molecule has 3 heteroatoms. The number of rotatable bonds is 3. The second-order valence-electron chi connectivity index (χ2n) is 4.36. The highest BCUT2D eigenvalue weighted by atomic mass is 19.1. The number of benzene rings is 2. The summed E-state index contributed by atoms with van der Waals surface area (Å²) in [6.45, 7) is 4.04. The molecule has 0 bridgehead atoms. The molecule has 94 valence electrons. The van der Waals surface area contributed by atoms with E-state index in [9.17, 15) is 8.78 Å². The minimum atomic E-state index is -0.252. The highest BCUT2D eigenvalue weighted by Crippen LogP contribution is 2.19. The molecule has 0 aliphatic rings. The summed E-state index contributed by atoms with van der Waals surface area (Å²) in [5.74, 6) is -0.491. The third-order valence-corrected chi connectivity index (χ3v) is 2.97. The van der Waals surface area contributed by atoms with Crippen molar-refractivity contribution in [3.63, 3.8) is 0 Å². The molecule has 0 atom stereocenters. The third kappa shape index (κ3) is 2.67. The lowest BCUT2D eigenvalue weighted by atomic mass is 10.1. The zero-order chi connectivity index (χ0) is 13.1. The first-order valence-corrected chi connectivity index (χ1v) is 5.82. The molecular weight excluding hydrogens is 232 g/mol. The third-order valence-electron chi connectivity index (χ3n) is 2.97. The van der Waals surface area contributed by atoms with Crippen molar-refractivity contribution in [3.05, 3.63) is 64.7 Å². The van der Waals surface area contributed by atoms with Gasteiger partial charge in [0.1, 0.15) is 11.6 Å². The van der Waals surface area contributed by atoms with Gasteiger partial charge in [-0.2, -0.15) is 0 Å². The van der Waals surface area contributed by atoms with Crippen LogP contribution in [0, 0.1) is 25.5 Å². The Morgan fingerprint density at radius 3 is 2.50 bits per heavy atom. The summed E-state index contributed by atoms with van der Waals surface area (Å²) in [6.07, 6.45) is 0. The SMILES string of the molecule is Cc1cc(F)ccc1CNc1cccc(C)c1F. The Hall–Kier alpha value is -1.90. The first kappa shape index (κ1) is 12.6. The van der Waals surface area contributed by atoms with Crippen molar-refractivity contribution in [1.82, 2.24) is 0 Å². The summed E-state index contributed by atoms with van der Waals surface area (Å²) in [5.41, 5.74) is 2.89. The Morgan fingerprint density at radius 1 is 1.00 bits per heavy atom. The molecule has 1 N–H and O–H groups in total. The molecule has 0 aromatic heterocycles. The predicted octanol–water partition coefficient (Wildman–Crippen LogP) is 4.19. The largest absolute Gasteiger partial charge is 0.379 e. The average Bonchev–Trinajstić information content (AvgIpc) is 2.33. The molecule has 18 heavy (non-hydrogen) atoms. The van der Waals surface area contributed by atoms with Gasteiger partial charge in [-0.25, -0.2) is 8.78 Å². The topological polar surface area (TPSA) is 12.0 Å². The number of anilines is 1. The van der Waals surface area contributed by atoms with Gasteiger partial charge < -0.3 is 5.32 Å². The summed E-state index contributed by atoms with van der Waals surface area (Å²) >= 11 is 0. The summed E-state index contributed by atoms with van der Waals surface area (Å²) in [4.78, 5) is 0. The van der Waals surface area contributed by atoms with Gasteiger partial charge in [-0.05, 0) is 48.7 Å². The van der Waals surface area contributed by atoms with Crippen LogP contribution < -0.4 is 5.32 Å². The van der Waals surface area contributed by atoms with Gasteiger partial charge in [-0.3, -0.25) is 0 Å². The first-order valence-electron chi connectivity index (χ1n) is 5.82. The van der Waals surface area contributed by atoms with Gasteiger partial charge in [0, 0.05) is 6.54 Å². The number of hydrogen-bond acceptors (Lipinski definition) is 1. The lowest BCUT2D eigenvalue weighted by Crippen LogP contribution is -2.04. The molecule has 0 aliphatic heterocycles. The van der Waals surface area contributed by atoms with E-state index in [2.05, 4.69) is 5.32 Å². The van der Waals surface area contributed by atoms with E-state index in [-0.39, 0.29) is 11.6 Å². The number of aryl methyl sites for hydroxylation is 2. The van der Waals surface area contributed by atoms with E-state index >= 15 is 0 Å². The Balaban J connectivity index is 2.14. The molecule has 2 aromatic rings. The molecule has 0 heterocycles. The summed E-state index contributed by atoms with van der Waals surface area (Å²) in [7, 11) is 0. The molecule has 0 fully saturated rings. The van der Waals surface area contributed by atoms with E-state index in [1.807, 2.05) is 6.92 Å². The van der Waals surface area contributed by atoms with Crippen molar-refractivity contribution in [2.75, 3.05) is 5.32 Å². The summed E-state index contributed by atoms with van der Waals surface area (Å²) in [6, 6.07) is 9.83. The standard InChI is InChI=1S/C15H15F2N/c1-10-4-3-5-14(15(10)17)18-9-12-6-7-13(16)8-11(12)2/h3-8,18H,9H2,1-2H3. The van der Waals surface area contributed by atoms with Gasteiger partial charge >= 0.3 is 0 Å². The van der Waals surface area contributed by atoms with Crippen LogP contribution in [0.1, 0.15) is 16.7 Å². The highest BCUT2D eigenvalue weighted by molar-refractivity contribution is 5.48. The second kappa shape index (κ2) is 5.17. The Morgan fingerprint density at radius 2 is 1.78 bits per heavy atom. The predicted molar refractivity (Wildman–Crippen MR) is 69.6 cm³/mol. The van der Waals surface area contributed by atoms with E-state index in [1.54, 1.807) is 31.2 Å². The van der Waals surface area contributed by atoms with Gasteiger partial charge in [0.15, 0.2) is 0 Å². The number of hydrogen-bond donors (Lipinski definition) is 1. The molecule has 0 unspecified atom stereocenters. The Kier molecular flexibility index (Phi) is 3.60. The van der Waals surface area contributed by atoms with Gasteiger partial charge in [-0.15, -0.1) is 0 Å². The molecular formula is C15H15F2N. The van der Waals surface area contributed by atoms with Crippen molar-refractivity contribution in [1.29, 1.82) is 0 Å². The first-order chi connectivity index (χ1) is 8.58. The smallest absolute Gasteiger partial charge is 0.149 e. The second-order valence-corrected chi connectivity index (χ2v) is 4.36. The number of nitrogens with one attached hydrogen (secondary N) is 1. The minimum Gasteiger partial charge on any atom is -0.379 e. The quantitative estimate of drug-likeness (QED) is 0.857. The molecule has 0 saturated carbocycles. The Bertz CT molecular complexity index is 564. The fourth-order valence-electron chi connectivity index (χ4n) is 1.83. The van der Waals surface area contributed by atoms with Crippen molar-refractivity contribution < 1.29 is 8.78 Å². The fourth-order valence-corrected chi connectivity index (χ4v) is 1.83. The summed E-state index contributed by atoms with van der Waals surface area (Å²) < 4.78 is 26.7. The zero-order valence-electron chi connectivity index (χ0n) is 10.4. The van der Waals surface area contributed by atoms with Crippen LogP contribution in [-0.2, 0) is 6.54 Å². The van der Waals surface area contributed by atoms with Crippen molar-refractivity contribution in [3.8, 4) is 0 Å². The van der Waals surface area contributed by atoms with Crippen LogP contribution in [0.15, 0.2) is 36.4 Å². The average molecular weight is 247 g/mol. The molecule has 1 nitrogen and oxygen atoms in total. The van der Waals surface area contributed by atoms with Crippen LogP contribution in [0.25, 0.3) is 0 Å².